The Morgan fingerprint density at radius 3 is 2.89 bits per heavy atom. The second-order valence-electron chi connectivity index (χ2n) is 4.03. The standard InChI is InChI=1S/C14H8N2S2/c1-2-12-11(15-4-1)7-13(18-12)9-6-14-10(16-8-9)3-5-17-14/h1-8H. The van der Waals surface area contributed by atoms with Gasteiger partial charge in [-0.1, -0.05) is 0 Å². The molecule has 0 atom stereocenters. The molecule has 0 radical (unpaired) electrons. The number of pyridine rings is 2. The van der Waals surface area contributed by atoms with Gasteiger partial charge in [0, 0.05) is 22.8 Å². The number of hydrogen-bond acceptors (Lipinski definition) is 4. The second-order valence-corrected chi connectivity index (χ2v) is 6.06. The van der Waals surface area contributed by atoms with E-state index in [1.807, 2.05) is 18.5 Å². The lowest BCUT2D eigenvalue weighted by Gasteiger charge is -1.96. The highest BCUT2D eigenvalue weighted by atomic mass is 32.1. The highest BCUT2D eigenvalue weighted by Crippen LogP contribution is 2.33. The summed E-state index contributed by atoms with van der Waals surface area (Å²) in [6.07, 6.45) is 3.78. The van der Waals surface area contributed by atoms with Gasteiger partial charge in [0.15, 0.2) is 0 Å². The van der Waals surface area contributed by atoms with Gasteiger partial charge in [0.1, 0.15) is 0 Å². The summed E-state index contributed by atoms with van der Waals surface area (Å²) in [7, 11) is 0. The molecule has 0 amide bonds. The summed E-state index contributed by atoms with van der Waals surface area (Å²) in [4.78, 5) is 10.1. The normalized spacial score (nSPS) is 11.3. The van der Waals surface area contributed by atoms with Crippen LogP contribution >= 0.6 is 22.7 Å². The number of thiophene rings is 2. The van der Waals surface area contributed by atoms with Crippen LogP contribution in [0.2, 0.25) is 0 Å². The molecule has 0 fully saturated rings. The van der Waals surface area contributed by atoms with Gasteiger partial charge in [0.05, 0.1) is 20.4 Å². The van der Waals surface area contributed by atoms with E-state index in [1.54, 1.807) is 22.7 Å². The van der Waals surface area contributed by atoms with Gasteiger partial charge in [-0.2, -0.15) is 0 Å². The topological polar surface area (TPSA) is 25.8 Å². The van der Waals surface area contributed by atoms with E-state index in [0.29, 0.717) is 0 Å². The van der Waals surface area contributed by atoms with Crippen molar-refractivity contribution in [1.29, 1.82) is 0 Å². The zero-order valence-electron chi connectivity index (χ0n) is 9.33. The maximum absolute atomic E-state index is 4.48. The van der Waals surface area contributed by atoms with Crippen LogP contribution in [0.3, 0.4) is 0 Å². The quantitative estimate of drug-likeness (QED) is 0.505. The monoisotopic (exact) mass is 268 g/mol. The Labute approximate surface area is 112 Å². The molecule has 0 unspecified atom stereocenters. The summed E-state index contributed by atoms with van der Waals surface area (Å²) in [5, 5.41) is 2.08. The van der Waals surface area contributed by atoms with Gasteiger partial charge in [0.2, 0.25) is 0 Å². The predicted octanol–water partition coefficient (Wildman–Crippen LogP) is 4.57. The van der Waals surface area contributed by atoms with Gasteiger partial charge in [-0.3, -0.25) is 9.97 Å². The molecule has 18 heavy (non-hydrogen) atoms. The van der Waals surface area contributed by atoms with Crippen LogP contribution in [0.4, 0.5) is 0 Å². The Morgan fingerprint density at radius 1 is 0.944 bits per heavy atom. The molecule has 4 heteroatoms. The van der Waals surface area contributed by atoms with Crippen LogP contribution in [0.5, 0.6) is 0 Å². The molecule has 0 aliphatic heterocycles. The molecule has 0 aliphatic carbocycles. The van der Waals surface area contributed by atoms with Crippen molar-refractivity contribution < 1.29 is 0 Å². The largest absolute Gasteiger partial charge is 0.255 e. The molecular weight excluding hydrogens is 260 g/mol. The fourth-order valence-corrected chi connectivity index (χ4v) is 3.77. The van der Waals surface area contributed by atoms with Crippen molar-refractivity contribution in [2.75, 3.05) is 0 Å². The van der Waals surface area contributed by atoms with E-state index in [-0.39, 0.29) is 0 Å². The lowest BCUT2D eigenvalue weighted by atomic mass is 10.2. The van der Waals surface area contributed by atoms with E-state index in [2.05, 4.69) is 39.6 Å². The number of aromatic nitrogens is 2. The average molecular weight is 268 g/mol. The Hall–Kier alpha value is -1.78. The van der Waals surface area contributed by atoms with Crippen LogP contribution in [0.25, 0.3) is 30.9 Å². The van der Waals surface area contributed by atoms with E-state index in [9.17, 15) is 0 Å². The van der Waals surface area contributed by atoms with Crippen molar-refractivity contribution in [1.82, 2.24) is 9.97 Å². The maximum Gasteiger partial charge on any atom is 0.0816 e. The van der Waals surface area contributed by atoms with Crippen LogP contribution in [-0.2, 0) is 0 Å². The average Bonchev–Trinajstić information content (AvgIpc) is 3.04. The van der Waals surface area contributed by atoms with Crippen LogP contribution < -0.4 is 0 Å². The molecule has 0 saturated heterocycles. The fourth-order valence-electron chi connectivity index (χ4n) is 1.99. The maximum atomic E-state index is 4.48. The van der Waals surface area contributed by atoms with E-state index in [1.165, 1.54) is 19.8 Å². The zero-order valence-corrected chi connectivity index (χ0v) is 11.0. The molecule has 4 heterocycles. The zero-order chi connectivity index (χ0) is 11.9. The van der Waals surface area contributed by atoms with Crippen LogP contribution in [0.1, 0.15) is 0 Å². The SMILES string of the molecule is c1cnc2cc(-c3cnc4ccsc4c3)sc2c1. The Bertz CT molecular complexity index is 812. The van der Waals surface area contributed by atoms with Crippen molar-refractivity contribution >= 4 is 43.1 Å². The molecule has 4 rings (SSSR count). The molecule has 0 saturated carbocycles. The number of fused-ring (bicyclic) bond motifs is 2. The first-order valence-corrected chi connectivity index (χ1v) is 7.28. The van der Waals surface area contributed by atoms with E-state index < -0.39 is 0 Å². The van der Waals surface area contributed by atoms with Crippen LogP contribution in [0.15, 0.2) is 48.1 Å². The molecule has 0 spiro atoms. The summed E-state index contributed by atoms with van der Waals surface area (Å²) in [6.45, 7) is 0. The summed E-state index contributed by atoms with van der Waals surface area (Å²) in [6, 6.07) is 10.5. The van der Waals surface area contributed by atoms with E-state index in [0.717, 1.165) is 11.0 Å². The van der Waals surface area contributed by atoms with Crippen molar-refractivity contribution in [2.24, 2.45) is 0 Å². The molecule has 86 valence electrons. The third kappa shape index (κ3) is 1.54. The highest BCUT2D eigenvalue weighted by Gasteiger charge is 2.06. The Kier molecular flexibility index (Phi) is 2.18. The molecule has 0 aliphatic rings. The van der Waals surface area contributed by atoms with Crippen LogP contribution in [-0.4, -0.2) is 9.97 Å². The van der Waals surface area contributed by atoms with Gasteiger partial charge in [-0.25, -0.2) is 0 Å². The summed E-state index contributed by atoms with van der Waals surface area (Å²) >= 11 is 3.49. The number of nitrogens with zero attached hydrogens (tertiary/aromatic N) is 2. The highest BCUT2D eigenvalue weighted by molar-refractivity contribution is 7.22. The van der Waals surface area contributed by atoms with Crippen molar-refractivity contribution in [2.45, 2.75) is 0 Å². The smallest absolute Gasteiger partial charge is 0.0816 e. The minimum Gasteiger partial charge on any atom is -0.255 e. The van der Waals surface area contributed by atoms with Gasteiger partial charge in [0.25, 0.3) is 0 Å². The van der Waals surface area contributed by atoms with E-state index >= 15 is 0 Å². The minimum absolute atomic E-state index is 1.06. The molecule has 0 bridgehead atoms. The summed E-state index contributed by atoms with van der Waals surface area (Å²) < 4.78 is 2.46. The third-order valence-corrected chi connectivity index (χ3v) is 4.87. The van der Waals surface area contributed by atoms with Crippen molar-refractivity contribution in [3.63, 3.8) is 0 Å². The van der Waals surface area contributed by atoms with Gasteiger partial charge < -0.3 is 0 Å². The lowest BCUT2D eigenvalue weighted by Crippen LogP contribution is -1.75. The third-order valence-electron chi connectivity index (χ3n) is 2.87. The Morgan fingerprint density at radius 2 is 1.94 bits per heavy atom. The molecule has 2 nitrogen and oxygen atoms in total. The first-order valence-electron chi connectivity index (χ1n) is 5.58. The summed E-state index contributed by atoms with van der Waals surface area (Å²) in [5.41, 5.74) is 3.31. The number of hydrogen-bond donors (Lipinski definition) is 0. The lowest BCUT2D eigenvalue weighted by molar-refractivity contribution is 1.42. The molecule has 0 N–H and O–H groups in total. The number of rotatable bonds is 1. The van der Waals surface area contributed by atoms with Gasteiger partial charge in [-0.05, 0) is 35.7 Å². The fraction of sp³-hybridized carbons (Fsp3) is 0. The molecular formula is C14H8N2S2. The van der Waals surface area contributed by atoms with Gasteiger partial charge >= 0.3 is 0 Å². The first kappa shape index (κ1) is 10.2. The summed E-state index contributed by atoms with van der Waals surface area (Å²) in [5.74, 6) is 0. The molecule has 4 aromatic rings. The van der Waals surface area contributed by atoms with E-state index in [4.69, 9.17) is 0 Å². The minimum atomic E-state index is 1.06. The Balaban J connectivity index is 1.94. The van der Waals surface area contributed by atoms with Crippen molar-refractivity contribution in [3.05, 3.63) is 48.1 Å². The van der Waals surface area contributed by atoms with Crippen molar-refractivity contribution in [3.8, 4) is 10.4 Å². The first-order chi connectivity index (χ1) is 8.90. The van der Waals surface area contributed by atoms with Crippen LogP contribution in [0, 0.1) is 0 Å². The second kappa shape index (κ2) is 3.86. The molecule has 4 aromatic heterocycles. The molecule has 0 aromatic carbocycles. The van der Waals surface area contributed by atoms with Gasteiger partial charge in [-0.15, -0.1) is 22.7 Å². The predicted molar refractivity (Wildman–Crippen MR) is 78.2 cm³/mol.